The van der Waals surface area contributed by atoms with E-state index in [1.165, 1.54) is 17.0 Å². The van der Waals surface area contributed by atoms with Gasteiger partial charge in [-0.05, 0) is 80.6 Å². The monoisotopic (exact) mass is 578 g/mol. The van der Waals surface area contributed by atoms with Crippen molar-refractivity contribution < 1.29 is 32.6 Å². The van der Waals surface area contributed by atoms with Crippen LogP contribution in [0, 0.1) is 24.0 Å². The molecule has 0 atom stereocenters. The fraction of sp³-hybridized carbons (Fsp3) is 0.394. The van der Waals surface area contributed by atoms with E-state index in [-0.39, 0.29) is 49.6 Å². The first-order valence-corrected chi connectivity index (χ1v) is 14.3. The Morgan fingerprint density at radius 2 is 1.71 bits per heavy atom. The van der Waals surface area contributed by atoms with Crippen LogP contribution < -0.4 is 19.3 Å². The third-order valence-electron chi connectivity index (χ3n) is 8.23. The van der Waals surface area contributed by atoms with Crippen LogP contribution in [-0.2, 0) is 27.3 Å². The Bertz CT molecular complexity index is 1450. The highest BCUT2D eigenvalue weighted by Gasteiger charge is 2.44. The normalized spacial score (nSPS) is 16.2. The van der Waals surface area contributed by atoms with Gasteiger partial charge in [0.2, 0.25) is 5.91 Å². The average Bonchev–Trinajstić information content (AvgIpc) is 2.99. The van der Waals surface area contributed by atoms with Crippen molar-refractivity contribution in [2.45, 2.75) is 46.1 Å². The molecule has 3 aromatic carbocycles. The quantitative estimate of drug-likeness (QED) is 0.291. The molecule has 0 N–H and O–H groups in total. The fourth-order valence-electron chi connectivity index (χ4n) is 5.78. The zero-order chi connectivity index (χ0) is 29.9. The Labute approximate surface area is 245 Å². The van der Waals surface area contributed by atoms with E-state index in [1.54, 1.807) is 38.3 Å². The molecule has 222 valence electrons. The number of esters is 1. The number of anilines is 2. The second-order valence-corrected chi connectivity index (χ2v) is 10.9. The van der Waals surface area contributed by atoms with Crippen LogP contribution in [0.25, 0.3) is 0 Å². The van der Waals surface area contributed by atoms with Crippen LogP contribution in [0.15, 0.2) is 54.6 Å². The summed E-state index contributed by atoms with van der Waals surface area (Å²) in [5.74, 6) is -0.200. The first kappa shape index (κ1) is 29.4. The number of hydrogen-bond donors (Lipinski definition) is 0. The van der Waals surface area contributed by atoms with Gasteiger partial charge >= 0.3 is 5.97 Å². The second-order valence-electron chi connectivity index (χ2n) is 10.9. The van der Waals surface area contributed by atoms with E-state index in [2.05, 4.69) is 0 Å². The van der Waals surface area contributed by atoms with Crippen LogP contribution in [-0.4, -0.2) is 45.3 Å². The maximum atomic E-state index is 15.3. The van der Waals surface area contributed by atoms with Crippen molar-refractivity contribution in [3.05, 3.63) is 82.9 Å². The number of piperidine rings is 1. The summed E-state index contributed by atoms with van der Waals surface area (Å²) in [6, 6.07) is 15.3. The van der Waals surface area contributed by atoms with Gasteiger partial charge in [0.1, 0.15) is 35.2 Å². The highest BCUT2D eigenvalue weighted by molar-refractivity contribution is 5.97. The molecule has 1 amide bonds. The number of rotatable bonds is 9. The lowest BCUT2D eigenvalue weighted by Gasteiger charge is -2.41. The van der Waals surface area contributed by atoms with Gasteiger partial charge in [-0.25, -0.2) is 8.78 Å². The Kier molecular flexibility index (Phi) is 8.66. The van der Waals surface area contributed by atoms with Gasteiger partial charge in [-0.2, -0.15) is 0 Å². The second kappa shape index (κ2) is 12.4. The van der Waals surface area contributed by atoms with E-state index < -0.39 is 11.2 Å². The Balaban J connectivity index is 1.37. The molecule has 0 radical (unpaired) electrons. The molecule has 3 aromatic rings. The van der Waals surface area contributed by atoms with E-state index in [9.17, 15) is 14.0 Å². The van der Waals surface area contributed by atoms with Crippen molar-refractivity contribution in [2.75, 3.05) is 43.2 Å². The van der Waals surface area contributed by atoms with E-state index in [0.29, 0.717) is 55.1 Å². The standard InChI is InChI=1S/C33H36F2N2O5/c1-4-41-32(39)33(15-17-36(18-16-33)28-12-5-22(2)19-27(28)35)21-42-29-13-11-26(34)31-25(29)10-14-30(38)37(31)20-23-6-8-24(40-3)9-7-23/h5-9,11-13,19H,4,10,14-18,20-21H2,1-3H3. The fourth-order valence-corrected chi connectivity index (χ4v) is 5.78. The minimum absolute atomic E-state index is 0.0283. The maximum Gasteiger partial charge on any atom is 0.315 e. The number of carbonyl (C=O) groups excluding carboxylic acids is 2. The molecule has 1 fully saturated rings. The Hall–Kier alpha value is -4.14. The van der Waals surface area contributed by atoms with Gasteiger partial charge in [0.05, 0.1) is 31.6 Å². The molecule has 2 heterocycles. The molecule has 2 aliphatic rings. The molecule has 7 nitrogen and oxygen atoms in total. The molecule has 1 saturated heterocycles. The molecule has 0 spiro atoms. The summed E-state index contributed by atoms with van der Waals surface area (Å²) in [6.45, 7) is 4.96. The van der Waals surface area contributed by atoms with E-state index >= 15 is 4.39 Å². The van der Waals surface area contributed by atoms with Gasteiger partial charge in [-0.3, -0.25) is 9.59 Å². The molecule has 9 heteroatoms. The number of amides is 1. The number of methoxy groups -OCH3 is 1. The van der Waals surface area contributed by atoms with Crippen LogP contribution >= 0.6 is 0 Å². The molecule has 0 bridgehead atoms. The molecule has 0 aromatic heterocycles. The lowest BCUT2D eigenvalue weighted by atomic mass is 9.78. The highest BCUT2D eigenvalue weighted by Crippen LogP contribution is 2.41. The van der Waals surface area contributed by atoms with Crippen LogP contribution in [0.5, 0.6) is 11.5 Å². The van der Waals surface area contributed by atoms with Crippen molar-refractivity contribution in [3.8, 4) is 11.5 Å². The Morgan fingerprint density at radius 3 is 2.38 bits per heavy atom. The summed E-state index contributed by atoms with van der Waals surface area (Å²) in [6.07, 6.45) is 1.35. The number of aryl methyl sites for hydroxylation is 1. The number of nitrogens with zero attached hydrogens (tertiary/aromatic N) is 2. The minimum atomic E-state index is -0.942. The maximum absolute atomic E-state index is 15.3. The van der Waals surface area contributed by atoms with Crippen molar-refractivity contribution in [1.29, 1.82) is 0 Å². The molecule has 0 unspecified atom stereocenters. The predicted octanol–water partition coefficient (Wildman–Crippen LogP) is 5.99. The largest absolute Gasteiger partial charge is 0.497 e. The van der Waals surface area contributed by atoms with Crippen molar-refractivity contribution in [1.82, 2.24) is 0 Å². The molecule has 2 aliphatic heterocycles. The number of fused-ring (bicyclic) bond motifs is 1. The van der Waals surface area contributed by atoms with Crippen LogP contribution in [0.4, 0.5) is 20.2 Å². The topological polar surface area (TPSA) is 68.3 Å². The number of ether oxygens (including phenoxy) is 3. The lowest BCUT2D eigenvalue weighted by Crippen LogP contribution is -2.48. The van der Waals surface area contributed by atoms with Crippen LogP contribution in [0.3, 0.4) is 0 Å². The number of hydrogen-bond acceptors (Lipinski definition) is 6. The smallest absolute Gasteiger partial charge is 0.315 e. The van der Waals surface area contributed by atoms with Gasteiger partial charge in [0, 0.05) is 25.1 Å². The third kappa shape index (κ3) is 5.91. The molecule has 42 heavy (non-hydrogen) atoms. The molecular weight excluding hydrogens is 542 g/mol. The molecule has 5 rings (SSSR count). The average molecular weight is 579 g/mol. The van der Waals surface area contributed by atoms with Crippen molar-refractivity contribution in [3.63, 3.8) is 0 Å². The van der Waals surface area contributed by atoms with Crippen molar-refractivity contribution in [2.24, 2.45) is 5.41 Å². The van der Waals surface area contributed by atoms with Gasteiger partial charge in [0.15, 0.2) is 0 Å². The van der Waals surface area contributed by atoms with Gasteiger partial charge in [-0.1, -0.05) is 18.2 Å². The summed E-state index contributed by atoms with van der Waals surface area (Å²) >= 11 is 0. The summed E-state index contributed by atoms with van der Waals surface area (Å²) in [7, 11) is 1.58. The molecular formula is C33H36F2N2O5. The minimum Gasteiger partial charge on any atom is -0.497 e. The summed E-state index contributed by atoms with van der Waals surface area (Å²) in [5, 5.41) is 0. The summed E-state index contributed by atoms with van der Waals surface area (Å²) < 4.78 is 46.9. The third-order valence-corrected chi connectivity index (χ3v) is 8.23. The first-order valence-electron chi connectivity index (χ1n) is 14.3. The van der Waals surface area contributed by atoms with Gasteiger partial charge in [0.25, 0.3) is 0 Å². The summed E-state index contributed by atoms with van der Waals surface area (Å²) in [5.41, 5.74) is 2.04. The van der Waals surface area contributed by atoms with Crippen molar-refractivity contribution >= 4 is 23.3 Å². The Morgan fingerprint density at radius 1 is 0.976 bits per heavy atom. The zero-order valence-corrected chi connectivity index (χ0v) is 24.3. The van der Waals surface area contributed by atoms with E-state index in [4.69, 9.17) is 14.2 Å². The number of benzene rings is 3. The van der Waals surface area contributed by atoms with Gasteiger partial charge in [-0.15, -0.1) is 0 Å². The SMILES string of the molecule is CCOC(=O)C1(COc2ccc(F)c3c2CCC(=O)N3Cc2ccc(OC)cc2)CCN(c2ccc(C)cc2F)CC1. The number of halogens is 2. The molecule has 0 saturated carbocycles. The van der Waals surface area contributed by atoms with Gasteiger partial charge < -0.3 is 24.0 Å². The predicted molar refractivity (Wildman–Crippen MR) is 156 cm³/mol. The van der Waals surface area contributed by atoms with Crippen LogP contribution in [0.1, 0.15) is 42.9 Å². The molecule has 0 aliphatic carbocycles. The van der Waals surface area contributed by atoms with E-state index in [1.807, 2.05) is 30.0 Å². The lowest BCUT2D eigenvalue weighted by molar-refractivity contribution is -0.159. The van der Waals surface area contributed by atoms with Crippen LogP contribution in [0.2, 0.25) is 0 Å². The summed E-state index contributed by atoms with van der Waals surface area (Å²) in [4.78, 5) is 29.6. The zero-order valence-electron chi connectivity index (χ0n) is 24.3. The number of carbonyl (C=O) groups is 2. The highest BCUT2D eigenvalue weighted by atomic mass is 19.1. The first-order chi connectivity index (χ1) is 20.2. The van der Waals surface area contributed by atoms with E-state index in [0.717, 1.165) is 11.1 Å².